The van der Waals surface area contributed by atoms with Crippen LogP contribution in [0, 0.1) is 0 Å². The molecule has 0 saturated carbocycles. The lowest BCUT2D eigenvalue weighted by atomic mass is 10.3. The van der Waals surface area contributed by atoms with Gasteiger partial charge in [0.1, 0.15) is 0 Å². The monoisotopic (exact) mass is 247 g/mol. The van der Waals surface area contributed by atoms with Gasteiger partial charge in [0.2, 0.25) is 0 Å². The molecule has 0 unspecified atom stereocenters. The second kappa shape index (κ2) is 5.40. The Morgan fingerprint density at radius 1 is 1.29 bits per heavy atom. The van der Waals surface area contributed by atoms with E-state index in [1.54, 1.807) is 24.7 Å². The van der Waals surface area contributed by atoms with Crippen LogP contribution in [-0.4, -0.2) is 26.0 Å². The number of carboxylic acids is 1. The smallest absolute Gasteiger partial charge is 0.335 e. The summed E-state index contributed by atoms with van der Waals surface area (Å²) in [6, 6.07) is 3.01. The molecule has 0 fully saturated rings. The molecule has 1 N–H and O–H groups in total. The van der Waals surface area contributed by atoms with Crippen LogP contribution in [-0.2, 0) is 5.75 Å². The zero-order chi connectivity index (χ0) is 12.1. The Morgan fingerprint density at radius 3 is 2.88 bits per heavy atom. The van der Waals surface area contributed by atoms with Gasteiger partial charge in [-0.2, -0.15) is 0 Å². The fraction of sp³-hybridized carbons (Fsp3) is 0.0909. The minimum Gasteiger partial charge on any atom is -0.478 e. The molecule has 17 heavy (non-hydrogen) atoms. The molecule has 2 aromatic heterocycles. The van der Waals surface area contributed by atoms with Gasteiger partial charge in [0, 0.05) is 30.5 Å². The van der Waals surface area contributed by atoms with Crippen LogP contribution in [0.25, 0.3) is 0 Å². The van der Waals surface area contributed by atoms with E-state index in [0.29, 0.717) is 10.8 Å². The molecule has 86 valence electrons. The van der Waals surface area contributed by atoms with Crippen LogP contribution in [0.3, 0.4) is 0 Å². The molecule has 0 spiro atoms. The quantitative estimate of drug-likeness (QED) is 0.831. The van der Waals surface area contributed by atoms with E-state index in [1.165, 1.54) is 24.0 Å². The van der Waals surface area contributed by atoms with Gasteiger partial charge in [-0.15, -0.1) is 0 Å². The molecule has 2 aromatic rings. The van der Waals surface area contributed by atoms with Gasteiger partial charge < -0.3 is 5.11 Å². The second-order valence-electron chi connectivity index (χ2n) is 3.17. The molecular weight excluding hydrogens is 238 g/mol. The molecular formula is C11H9N3O2S. The van der Waals surface area contributed by atoms with E-state index in [9.17, 15) is 4.79 Å². The number of nitrogens with zero attached hydrogens (tertiary/aromatic N) is 3. The first-order valence-electron chi connectivity index (χ1n) is 4.83. The lowest BCUT2D eigenvalue weighted by Crippen LogP contribution is -1.97. The highest BCUT2D eigenvalue weighted by molar-refractivity contribution is 7.98. The molecule has 0 saturated heterocycles. The van der Waals surface area contributed by atoms with Gasteiger partial charge in [0.15, 0.2) is 0 Å². The van der Waals surface area contributed by atoms with Crippen molar-refractivity contribution < 1.29 is 9.90 Å². The number of hydrogen-bond donors (Lipinski definition) is 1. The molecule has 0 bridgehead atoms. The summed E-state index contributed by atoms with van der Waals surface area (Å²) < 4.78 is 0. The maximum absolute atomic E-state index is 10.8. The number of aromatic nitrogens is 3. The van der Waals surface area contributed by atoms with E-state index in [-0.39, 0.29) is 5.56 Å². The summed E-state index contributed by atoms with van der Waals surface area (Å²) in [6.07, 6.45) is 6.39. The van der Waals surface area contributed by atoms with Gasteiger partial charge in [-0.05, 0) is 12.1 Å². The Hall–Kier alpha value is -1.95. The highest BCUT2D eigenvalue weighted by atomic mass is 32.2. The largest absolute Gasteiger partial charge is 0.478 e. The summed E-state index contributed by atoms with van der Waals surface area (Å²) in [4.78, 5) is 22.9. The fourth-order valence-electron chi connectivity index (χ4n) is 1.17. The number of hydrogen-bond acceptors (Lipinski definition) is 5. The first-order valence-corrected chi connectivity index (χ1v) is 5.81. The maximum atomic E-state index is 10.8. The Morgan fingerprint density at radius 2 is 2.18 bits per heavy atom. The molecule has 0 radical (unpaired) electrons. The van der Waals surface area contributed by atoms with Crippen LogP contribution >= 0.6 is 11.8 Å². The van der Waals surface area contributed by atoms with Crippen LogP contribution in [0.15, 0.2) is 41.9 Å². The van der Waals surface area contributed by atoms with Crippen LogP contribution in [0.4, 0.5) is 0 Å². The van der Waals surface area contributed by atoms with Crippen LogP contribution in [0.2, 0.25) is 0 Å². The highest BCUT2D eigenvalue weighted by Crippen LogP contribution is 2.19. The predicted octanol–water partition coefficient (Wildman–Crippen LogP) is 1.86. The summed E-state index contributed by atoms with van der Waals surface area (Å²) in [6.45, 7) is 0. The first-order chi connectivity index (χ1) is 8.25. The van der Waals surface area contributed by atoms with Crippen LogP contribution in [0.1, 0.15) is 16.1 Å². The van der Waals surface area contributed by atoms with E-state index in [2.05, 4.69) is 15.0 Å². The average Bonchev–Trinajstić information content (AvgIpc) is 2.38. The standard InChI is InChI=1S/C11H9N3O2S/c15-11(16)8-1-2-14-10(5-8)17-7-9-6-12-3-4-13-9/h1-6H,7H2,(H,15,16). The van der Waals surface area contributed by atoms with E-state index in [0.717, 1.165) is 5.69 Å². The van der Waals surface area contributed by atoms with Crippen molar-refractivity contribution in [3.05, 3.63) is 48.2 Å². The summed E-state index contributed by atoms with van der Waals surface area (Å²) in [7, 11) is 0. The van der Waals surface area contributed by atoms with Crippen molar-refractivity contribution >= 4 is 17.7 Å². The van der Waals surface area contributed by atoms with Gasteiger partial charge in [-0.1, -0.05) is 11.8 Å². The third-order valence-corrected chi connectivity index (χ3v) is 2.93. The lowest BCUT2D eigenvalue weighted by molar-refractivity contribution is 0.0696. The minimum atomic E-state index is -0.950. The van der Waals surface area contributed by atoms with Crippen LogP contribution < -0.4 is 0 Å². The van der Waals surface area contributed by atoms with Gasteiger partial charge in [-0.3, -0.25) is 9.97 Å². The van der Waals surface area contributed by atoms with Crippen molar-refractivity contribution in [1.29, 1.82) is 0 Å². The van der Waals surface area contributed by atoms with E-state index >= 15 is 0 Å². The van der Waals surface area contributed by atoms with Crippen molar-refractivity contribution in [3.63, 3.8) is 0 Å². The lowest BCUT2D eigenvalue weighted by Gasteiger charge is -2.01. The predicted molar refractivity (Wildman–Crippen MR) is 62.8 cm³/mol. The summed E-state index contributed by atoms with van der Waals surface area (Å²) in [5.74, 6) is -0.335. The molecule has 0 aliphatic rings. The third-order valence-electron chi connectivity index (χ3n) is 1.97. The van der Waals surface area contributed by atoms with Gasteiger partial charge in [0.25, 0.3) is 0 Å². The summed E-state index contributed by atoms with van der Waals surface area (Å²) in [5.41, 5.74) is 1.07. The molecule has 2 heterocycles. The topological polar surface area (TPSA) is 76.0 Å². The van der Waals surface area contributed by atoms with Crippen molar-refractivity contribution in [1.82, 2.24) is 15.0 Å². The number of carbonyl (C=O) groups is 1. The number of thioether (sulfide) groups is 1. The first kappa shape index (κ1) is 11.5. The molecule has 0 atom stereocenters. The van der Waals surface area contributed by atoms with Crippen LogP contribution in [0.5, 0.6) is 0 Å². The van der Waals surface area contributed by atoms with Gasteiger partial charge >= 0.3 is 5.97 Å². The van der Waals surface area contributed by atoms with Gasteiger partial charge in [-0.25, -0.2) is 9.78 Å². The molecule has 6 heteroatoms. The zero-order valence-corrected chi connectivity index (χ0v) is 9.59. The Labute approximate surface area is 102 Å². The van der Waals surface area contributed by atoms with E-state index in [1.807, 2.05) is 0 Å². The number of pyridine rings is 1. The molecule has 0 aromatic carbocycles. The SMILES string of the molecule is O=C(O)c1ccnc(SCc2cnccn2)c1. The molecule has 0 amide bonds. The Bertz CT molecular complexity index is 519. The van der Waals surface area contributed by atoms with Crippen molar-refractivity contribution in [3.8, 4) is 0 Å². The van der Waals surface area contributed by atoms with Gasteiger partial charge in [0.05, 0.1) is 16.3 Å². The third kappa shape index (κ3) is 3.25. The molecule has 0 aliphatic carbocycles. The zero-order valence-electron chi connectivity index (χ0n) is 8.78. The fourth-order valence-corrected chi connectivity index (χ4v) is 1.96. The normalized spacial score (nSPS) is 10.1. The van der Waals surface area contributed by atoms with E-state index < -0.39 is 5.97 Å². The van der Waals surface area contributed by atoms with Crippen molar-refractivity contribution in [2.45, 2.75) is 10.8 Å². The highest BCUT2D eigenvalue weighted by Gasteiger charge is 2.05. The minimum absolute atomic E-state index is 0.238. The Kier molecular flexibility index (Phi) is 3.66. The Balaban J connectivity index is 2.04. The average molecular weight is 247 g/mol. The second-order valence-corrected chi connectivity index (χ2v) is 4.17. The number of aromatic carboxylic acids is 1. The summed E-state index contributed by atoms with van der Waals surface area (Å²) >= 11 is 1.43. The number of rotatable bonds is 4. The van der Waals surface area contributed by atoms with E-state index in [4.69, 9.17) is 5.11 Å². The molecule has 0 aliphatic heterocycles. The van der Waals surface area contributed by atoms with Crippen molar-refractivity contribution in [2.75, 3.05) is 0 Å². The summed E-state index contributed by atoms with van der Waals surface area (Å²) in [5, 5.41) is 9.50. The van der Waals surface area contributed by atoms with Crippen molar-refractivity contribution in [2.24, 2.45) is 0 Å². The molecule has 2 rings (SSSR count). The maximum Gasteiger partial charge on any atom is 0.335 e. The molecule has 5 nitrogen and oxygen atoms in total. The number of carboxylic acid groups (broad SMARTS) is 1.